The summed E-state index contributed by atoms with van der Waals surface area (Å²) in [5.41, 5.74) is 3.02. The normalized spacial score (nSPS) is 11.7. The lowest BCUT2D eigenvalue weighted by molar-refractivity contribution is -0.140. The van der Waals surface area contributed by atoms with E-state index in [4.69, 9.17) is 23.2 Å². The van der Waals surface area contributed by atoms with E-state index in [2.05, 4.69) is 5.32 Å². The third-order valence-electron chi connectivity index (χ3n) is 4.52. The van der Waals surface area contributed by atoms with E-state index in [0.717, 1.165) is 11.1 Å². The molecule has 0 aliphatic carbocycles. The largest absolute Gasteiger partial charge is 0.357 e. The lowest BCUT2D eigenvalue weighted by atomic mass is 10.1. The van der Waals surface area contributed by atoms with Gasteiger partial charge in [0.15, 0.2) is 0 Å². The number of amides is 2. The molecule has 0 heterocycles. The maximum absolute atomic E-state index is 12.9. The van der Waals surface area contributed by atoms with Crippen LogP contribution in [0.3, 0.4) is 0 Å². The molecule has 0 bridgehead atoms. The number of rotatable bonds is 7. The van der Waals surface area contributed by atoms with Crippen LogP contribution in [-0.4, -0.2) is 29.8 Å². The van der Waals surface area contributed by atoms with Gasteiger partial charge in [-0.25, -0.2) is 0 Å². The Balaban J connectivity index is 2.16. The number of benzene rings is 2. The molecule has 0 radical (unpaired) electrons. The maximum Gasteiger partial charge on any atom is 0.242 e. The molecule has 0 unspecified atom stereocenters. The van der Waals surface area contributed by atoms with Gasteiger partial charge < -0.3 is 10.2 Å². The molecule has 2 rings (SSSR count). The van der Waals surface area contributed by atoms with Gasteiger partial charge in [0.05, 0.1) is 0 Å². The van der Waals surface area contributed by atoms with Gasteiger partial charge in [-0.2, -0.15) is 0 Å². The van der Waals surface area contributed by atoms with Crippen LogP contribution in [-0.2, 0) is 22.6 Å². The number of carbonyl (C=O) groups is 2. The predicted molar refractivity (Wildman–Crippen MR) is 110 cm³/mol. The van der Waals surface area contributed by atoms with Crippen LogP contribution >= 0.6 is 23.2 Å². The molecule has 0 fully saturated rings. The summed E-state index contributed by atoms with van der Waals surface area (Å²) in [6, 6.07) is 12.6. The Bertz CT molecular complexity index is 806. The van der Waals surface area contributed by atoms with Crippen LogP contribution in [0.1, 0.15) is 30.0 Å². The van der Waals surface area contributed by atoms with Gasteiger partial charge in [0, 0.05) is 30.1 Å². The van der Waals surface area contributed by atoms with Crippen LogP contribution in [0.5, 0.6) is 0 Å². The first kappa shape index (κ1) is 21.3. The number of nitrogens with zero attached hydrogens (tertiary/aromatic N) is 1. The minimum Gasteiger partial charge on any atom is -0.357 e. The van der Waals surface area contributed by atoms with E-state index >= 15 is 0 Å². The first-order valence-corrected chi connectivity index (χ1v) is 9.58. The highest BCUT2D eigenvalue weighted by molar-refractivity contribution is 6.35. The summed E-state index contributed by atoms with van der Waals surface area (Å²) in [5.74, 6) is -0.318. The number of nitrogens with one attached hydrogen (secondary N) is 1. The molecular formula is C21H24Cl2N2O2. The van der Waals surface area contributed by atoms with Gasteiger partial charge in [-0.3, -0.25) is 9.59 Å². The third kappa shape index (κ3) is 5.98. The van der Waals surface area contributed by atoms with Crippen molar-refractivity contribution in [3.63, 3.8) is 0 Å². The topological polar surface area (TPSA) is 49.4 Å². The third-order valence-corrected chi connectivity index (χ3v) is 5.10. The summed E-state index contributed by atoms with van der Waals surface area (Å²) in [6.07, 6.45) is 0.931. The molecule has 0 spiro atoms. The summed E-state index contributed by atoms with van der Waals surface area (Å²) < 4.78 is 0. The zero-order valence-electron chi connectivity index (χ0n) is 15.8. The summed E-state index contributed by atoms with van der Waals surface area (Å²) in [4.78, 5) is 26.6. The summed E-state index contributed by atoms with van der Waals surface area (Å²) in [6.45, 7) is 3.99. The van der Waals surface area contributed by atoms with Crippen molar-refractivity contribution in [1.29, 1.82) is 0 Å². The van der Waals surface area contributed by atoms with E-state index in [0.29, 0.717) is 22.9 Å². The minimum atomic E-state index is -0.604. The van der Waals surface area contributed by atoms with Gasteiger partial charge >= 0.3 is 0 Å². The molecule has 27 heavy (non-hydrogen) atoms. The van der Waals surface area contributed by atoms with Gasteiger partial charge in [-0.05, 0) is 43.5 Å². The molecule has 0 aliphatic heterocycles. The predicted octanol–water partition coefficient (Wildman–Crippen LogP) is 4.40. The fourth-order valence-corrected chi connectivity index (χ4v) is 3.24. The van der Waals surface area contributed by atoms with Crippen molar-refractivity contribution in [2.45, 2.75) is 39.3 Å². The molecule has 4 nitrogen and oxygen atoms in total. The van der Waals surface area contributed by atoms with Gasteiger partial charge in [0.1, 0.15) is 6.04 Å². The Kier molecular flexibility index (Phi) is 7.69. The number of hydrogen-bond donors (Lipinski definition) is 1. The van der Waals surface area contributed by atoms with Gasteiger partial charge in [0.25, 0.3) is 0 Å². The lowest BCUT2D eigenvalue weighted by Gasteiger charge is -2.29. The SMILES string of the molecule is CNC(=O)[C@H](C)N(Cc1ccc(Cl)cc1Cl)C(=O)CCc1ccc(C)cc1. The van der Waals surface area contributed by atoms with E-state index in [-0.39, 0.29) is 18.4 Å². The first-order valence-electron chi connectivity index (χ1n) is 8.82. The fourth-order valence-electron chi connectivity index (χ4n) is 2.77. The van der Waals surface area contributed by atoms with Crippen LogP contribution in [0.25, 0.3) is 0 Å². The quantitative estimate of drug-likeness (QED) is 0.740. The summed E-state index contributed by atoms with van der Waals surface area (Å²) in [5, 5.41) is 3.61. The second-order valence-electron chi connectivity index (χ2n) is 6.53. The molecule has 0 saturated heterocycles. The highest BCUT2D eigenvalue weighted by Crippen LogP contribution is 2.23. The van der Waals surface area contributed by atoms with Crippen molar-refractivity contribution in [2.24, 2.45) is 0 Å². The number of carbonyl (C=O) groups excluding carboxylic acids is 2. The molecule has 0 aliphatic rings. The van der Waals surface area contributed by atoms with Crippen molar-refractivity contribution in [3.05, 3.63) is 69.2 Å². The molecule has 1 N–H and O–H groups in total. The second-order valence-corrected chi connectivity index (χ2v) is 7.38. The molecule has 1 atom stereocenters. The highest BCUT2D eigenvalue weighted by atomic mass is 35.5. The van der Waals surface area contributed by atoms with Crippen molar-refractivity contribution in [1.82, 2.24) is 10.2 Å². The molecular weight excluding hydrogens is 383 g/mol. The molecule has 0 saturated carbocycles. The standard InChI is InChI=1S/C21H24Cl2N2O2/c1-14-4-6-16(7-5-14)8-11-20(26)25(15(2)21(27)24-3)13-17-9-10-18(22)12-19(17)23/h4-7,9-10,12,15H,8,11,13H2,1-3H3,(H,24,27)/t15-/m0/s1. The van der Waals surface area contributed by atoms with Gasteiger partial charge in [0.2, 0.25) is 11.8 Å². The van der Waals surface area contributed by atoms with Crippen LogP contribution in [0.2, 0.25) is 10.0 Å². The zero-order chi connectivity index (χ0) is 20.0. The van der Waals surface area contributed by atoms with Crippen LogP contribution in [0.15, 0.2) is 42.5 Å². The van der Waals surface area contributed by atoms with Crippen molar-refractivity contribution in [3.8, 4) is 0 Å². The zero-order valence-corrected chi connectivity index (χ0v) is 17.3. The van der Waals surface area contributed by atoms with Crippen molar-refractivity contribution < 1.29 is 9.59 Å². The number of likely N-dealkylation sites (N-methyl/N-ethyl adjacent to an activating group) is 1. The Hall–Kier alpha value is -2.04. The molecule has 6 heteroatoms. The average molecular weight is 407 g/mol. The van der Waals surface area contributed by atoms with Gasteiger partial charge in [-0.1, -0.05) is 59.1 Å². The monoisotopic (exact) mass is 406 g/mol. The molecule has 2 aromatic carbocycles. The van der Waals surface area contributed by atoms with Crippen molar-refractivity contribution in [2.75, 3.05) is 7.05 Å². The highest BCUT2D eigenvalue weighted by Gasteiger charge is 2.25. The summed E-state index contributed by atoms with van der Waals surface area (Å²) >= 11 is 12.2. The molecule has 144 valence electrons. The molecule has 0 aromatic heterocycles. The molecule has 2 aromatic rings. The number of hydrogen-bond acceptors (Lipinski definition) is 2. The fraction of sp³-hybridized carbons (Fsp3) is 0.333. The maximum atomic E-state index is 12.9. The minimum absolute atomic E-state index is 0.0994. The number of halogens is 2. The average Bonchev–Trinajstić information content (AvgIpc) is 2.65. The van der Waals surface area contributed by atoms with Crippen LogP contribution in [0, 0.1) is 6.92 Å². The lowest BCUT2D eigenvalue weighted by Crippen LogP contribution is -2.46. The number of aryl methyl sites for hydroxylation is 2. The Labute approximate surface area is 170 Å². The Morgan fingerprint density at radius 2 is 1.78 bits per heavy atom. The van der Waals surface area contributed by atoms with E-state index < -0.39 is 6.04 Å². The Morgan fingerprint density at radius 3 is 2.37 bits per heavy atom. The Morgan fingerprint density at radius 1 is 1.11 bits per heavy atom. The van der Waals surface area contributed by atoms with Crippen LogP contribution < -0.4 is 5.32 Å². The second kappa shape index (κ2) is 9.77. The van der Waals surface area contributed by atoms with E-state index in [1.165, 1.54) is 5.56 Å². The summed E-state index contributed by atoms with van der Waals surface area (Å²) in [7, 11) is 1.56. The van der Waals surface area contributed by atoms with Gasteiger partial charge in [-0.15, -0.1) is 0 Å². The van der Waals surface area contributed by atoms with E-state index in [9.17, 15) is 9.59 Å². The van der Waals surface area contributed by atoms with E-state index in [1.54, 1.807) is 37.1 Å². The smallest absolute Gasteiger partial charge is 0.242 e. The van der Waals surface area contributed by atoms with Crippen molar-refractivity contribution >= 4 is 35.0 Å². The first-order chi connectivity index (χ1) is 12.8. The van der Waals surface area contributed by atoms with E-state index in [1.807, 2.05) is 31.2 Å². The molecule has 2 amide bonds. The van der Waals surface area contributed by atoms with Crippen LogP contribution in [0.4, 0.5) is 0 Å².